The Kier molecular flexibility index (Phi) is 4.80. The lowest BCUT2D eigenvalue weighted by atomic mass is 10.2. The molecule has 2 aromatic rings. The number of aromatic nitrogens is 1. The van der Waals surface area contributed by atoms with Gasteiger partial charge in [0.15, 0.2) is 0 Å². The highest BCUT2D eigenvalue weighted by molar-refractivity contribution is 5.85. The average molecular weight is 236 g/mol. The highest BCUT2D eigenvalue weighted by Crippen LogP contribution is 2.17. The van der Waals surface area contributed by atoms with Crippen molar-refractivity contribution in [3.63, 3.8) is 0 Å². The summed E-state index contributed by atoms with van der Waals surface area (Å²) in [6, 6.07) is 11.9. The van der Waals surface area contributed by atoms with Gasteiger partial charge < -0.3 is 4.74 Å². The summed E-state index contributed by atoms with van der Waals surface area (Å²) in [5.74, 6) is 0.932. The van der Waals surface area contributed by atoms with Crippen molar-refractivity contribution in [1.29, 1.82) is 0 Å². The molecule has 0 aliphatic heterocycles. The fourth-order valence-corrected chi connectivity index (χ4v) is 1.36. The monoisotopic (exact) mass is 235 g/mol. The summed E-state index contributed by atoms with van der Waals surface area (Å²) in [4.78, 5) is 4.04. The summed E-state index contributed by atoms with van der Waals surface area (Å²) < 4.78 is 5.68. The third kappa shape index (κ3) is 3.24. The van der Waals surface area contributed by atoms with Crippen LogP contribution in [0.5, 0.6) is 5.75 Å². The molecule has 0 aliphatic carbocycles. The van der Waals surface area contributed by atoms with Crippen LogP contribution in [0.3, 0.4) is 0 Å². The molecule has 0 saturated carbocycles. The second-order valence-electron chi connectivity index (χ2n) is 3.42. The minimum atomic E-state index is 0. The first-order chi connectivity index (χ1) is 7.36. The molecule has 0 fully saturated rings. The molecule has 16 heavy (non-hydrogen) atoms. The SMILES string of the molecule is Cc1ccccc1OCc1cccnc1.Cl. The summed E-state index contributed by atoms with van der Waals surface area (Å²) in [5.41, 5.74) is 2.24. The van der Waals surface area contributed by atoms with Crippen molar-refractivity contribution < 1.29 is 4.74 Å². The second kappa shape index (κ2) is 6.13. The molecule has 0 unspecified atom stereocenters. The molecule has 0 saturated heterocycles. The fourth-order valence-electron chi connectivity index (χ4n) is 1.36. The van der Waals surface area contributed by atoms with Gasteiger partial charge in [-0.3, -0.25) is 4.98 Å². The Labute approximate surface area is 102 Å². The normalized spacial score (nSPS) is 9.31. The molecule has 0 atom stereocenters. The van der Waals surface area contributed by atoms with Crippen molar-refractivity contribution >= 4 is 12.4 Å². The number of benzene rings is 1. The largest absolute Gasteiger partial charge is 0.489 e. The van der Waals surface area contributed by atoms with Crippen molar-refractivity contribution in [2.24, 2.45) is 0 Å². The zero-order valence-electron chi connectivity index (χ0n) is 9.09. The van der Waals surface area contributed by atoms with Crippen LogP contribution in [0.25, 0.3) is 0 Å². The average Bonchev–Trinajstić information content (AvgIpc) is 2.29. The number of rotatable bonds is 3. The maximum Gasteiger partial charge on any atom is 0.122 e. The number of pyridine rings is 1. The zero-order valence-corrected chi connectivity index (χ0v) is 9.91. The first kappa shape index (κ1) is 12.5. The van der Waals surface area contributed by atoms with Crippen LogP contribution in [-0.2, 0) is 6.61 Å². The predicted molar refractivity (Wildman–Crippen MR) is 67.0 cm³/mol. The molecular weight excluding hydrogens is 222 g/mol. The van der Waals surface area contributed by atoms with E-state index in [4.69, 9.17) is 4.74 Å². The predicted octanol–water partition coefficient (Wildman–Crippen LogP) is 3.39. The quantitative estimate of drug-likeness (QED) is 0.814. The smallest absolute Gasteiger partial charge is 0.122 e. The number of hydrogen-bond donors (Lipinski definition) is 0. The molecule has 0 aliphatic rings. The Morgan fingerprint density at radius 3 is 2.62 bits per heavy atom. The highest BCUT2D eigenvalue weighted by Gasteiger charge is 1.98. The van der Waals surface area contributed by atoms with E-state index in [1.165, 1.54) is 0 Å². The summed E-state index contributed by atoms with van der Waals surface area (Å²) in [5, 5.41) is 0. The molecule has 0 bridgehead atoms. The topological polar surface area (TPSA) is 22.1 Å². The van der Waals surface area contributed by atoms with Crippen molar-refractivity contribution in [3.05, 3.63) is 59.9 Å². The van der Waals surface area contributed by atoms with Crippen LogP contribution in [0.2, 0.25) is 0 Å². The minimum Gasteiger partial charge on any atom is -0.489 e. The van der Waals surface area contributed by atoms with Crippen LogP contribution in [0.1, 0.15) is 11.1 Å². The molecule has 84 valence electrons. The summed E-state index contributed by atoms with van der Waals surface area (Å²) in [7, 11) is 0. The number of para-hydroxylation sites is 1. The van der Waals surface area contributed by atoms with Gasteiger partial charge in [-0.25, -0.2) is 0 Å². The molecular formula is C13H14ClNO. The highest BCUT2D eigenvalue weighted by atomic mass is 35.5. The maximum atomic E-state index is 5.68. The number of halogens is 1. The van der Waals surface area contributed by atoms with E-state index in [1.807, 2.05) is 49.5 Å². The molecule has 2 rings (SSSR count). The lowest BCUT2D eigenvalue weighted by Gasteiger charge is -2.08. The van der Waals surface area contributed by atoms with Gasteiger partial charge in [-0.2, -0.15) is 0 Å². The molecule has 1 aromatic heterocycles. The van der Waals surface area contributed by atoms with Gasteiger partial charge in [0.1, 0.15) is 12.4 Å². The van der Waals surface area contributed by atoms with Gasteiger partial charge in [0, 0.05) is 18.0 Å². The number of hydrogen-bond acceptors (Lipinski definition) is 2. The van der Waals surface area contributed by atoms with Crippen LogP contribution in [0.4, 0.5) is 0 Å². The standard InChI is InChI=1S/C13H13NO.ClH/c1-11-5-2-3-7-13(11)15-10-12-6-4-8-14-9-12;/h2-9H,10H2,1H3;1H. The molecule has 0 radical (unpaired) electrons. The van der Waals surface area contributed by atoms with Gasteiger partial charge in [0.25, 0.3) is 0 Å². The number of aryl methyl sites for hydroxylation is 1. The molecule has 1 heterocycles. The van der Waals surface area contributed by atoms with Gasteiger partial charge in [0.05, 0.1) is 0 Å². The third-order valence-corrected chi connectivity index (χ3v) is 2.21. The van der Waals surface area contributed by atoms with E-state index in [1.54, 1.807) is 6.20 Å². The van der Waals surface area contributed by atoms with E-state index >= 15 is 0 Å². The molecule has 1 aromatic carbocycles. The molecule has 3 heteroatoms. The first-order valence-electron chi connectivity index (χ1n) is 4.93. The van der Waals surface area contributed by atoms with Gasteiger partial charge in [-0.05, 0) is 24.6 Å². The summed E-state index contributed by atoms with van der Waals surface area (Å²) in [6.07, 6.45) is 3.58. The van der Waals surface area contributed by atoms with Crippen molar-refractivity contribution in [2.75, 3.05) is 0 Å². The molecule has 0 spiro atoms. The third-order valence-electron chi connectivity index (χ3n) is 2.21. The zero-order chi connectivity index (χ0) is 10.5. The lowest BCUT2D eigenvalue weighted by Crippen LogP contribution is -1.96. The Balaban J connectivity index is 0.00000128. The maximum absolute atomic E-state index is 5.68. The summed E-state index contributed by atoms with van der Waals surface area (Å²) in [6.45, 7) is 2.61. The van der Waals surface area contributed by atoms with E-state index in [0.717, 1.165) is 16.9 Å². The van der Waals surface area contributed by atoms with Crippen molar-refractivity contribution in [1.82, 2.24) is 4.98 Å². The van der Waals surface area contributed by atoms with Gasteiger partial charge in [-0.15, -0.1) is 12.4 Å². The summed E-state index contributed by atoms with van der Waals surface area (Å²) >= 11 is 0. The molecule has 0 amide bonds. The van der Waals surface area contributed by atoms with E-state index in [2.05, 4.69) is 4.98 Å². The molecule has 2 nitrogen and oxygen atoms in total. The Morgan fingerprint density at radius 1 is 1.12 bits per heavy atom. The van der Waals surface area contributed by atoms with Crippen molar-refractivity contribution in [3.8, 4) is 5.75 Å². The van der Waals surface area contributed by atoms with Crippen LogP contribution in [0, 0.1) is 6.92 Å². The van der Waals surface area contributed by atoms with E-state index < -0.39 is 0 Å². The van der Waals surface area contributed by atoms with Crippen LogP contribution in [0.15, 0.2) is 48.8 Å². The van der Waals surface area contributed by atoms with E-state index in [0.29, 0.717) is 6.61 Å². The lowest BCUT2D eigenvalue weighted by molar-refractivity contribution is 0.303. The Bertz CT molecular complexity index is 431. The van der Waals surface area contributed by atoms with Crippen LogP contribution < -0.4 is 4.74 Å². The number of nitrogens with zero attached hydrogens (tertiary/aromatic N) is 1. The van der Waals surface area contributed by atoms with Gasteiger partial charge in [0.2, 0.25) is 0 Å². The van der Waals surface area contributed by atoms with Gasteiger partial charge in [-0.1, -0.05) is 24.3 Å². The van der Waals surface area contributed by atoms with Crippen molar-refractivity contribution in [2.45, 2.75) is 13.5 Å². The van der Waals surface area contributed by atoms with Crippen LogP contribution in [-0.4, -0.2) is 4.98 Å². The molecule has 0 N–H and O–H groups in total. The second-order valence-corrected chi connectivity index (χ2v) is 3.42. The number of ether oxygens (including phenoxy) is 1. The van der Waals surface area contributed by atoms with Gasteiger partial charge >= 0.3 is 0 Å². The Hall–Kier alpha value is -1.54. The van der Waals surface area contributed by atoms with Crippen LogP contribution >= 0.6 is 12.4 Å². The first-order valence-corrected chi connectivity index (χ1v) is 4.93. The minimum absolute atomic E-state index is 0. The van der Waals surface area contributed by atoms with E-state index in [-0.39, 0.29) is 12.4 Å². The van der Waals surface area contributed by atoms with E-state index in [9.17, 15) is 0 Å². The fraction of sp³-hybridized carbons (Fsp3) is 0.154. The Morgan fingerprint density at radius 2 is 1.94 bits per heavy atom.